The third kappa shape index (κ3) is 2.31. The van der Waals surface area contributed by atoms with Crippen molar-refractivity contribution in [2.75, 3.05) is 0 Å². The Balaban J connectivity index is 2.32. The van der Waals surface area contributed by atoms with E-state index in [2.05, 4.69) is 6.58 Å². The van der Waals surface area contributed by atoms with Gasteiger partial charge in [0, 0.05) is 5.02 Å². The van der Waals surface area contributed by atoms with E-state index in [1.165, 1.54) is 12.1 Å². The highest BCUT2D eigenvalue weighted by Gasteiger charge is 2.02. The smallest absolute Gasteiger partial charge is 0.123 e. The molecule has 0 N–H and O–H groups in total. The molecular weight excluding hydrogens is 223 g/mol. The molecule has 2 rings (SSSR count). The molecule has 0 aliphatic rings. The highest BCUT2D eigenvalue weighted by molar-refractivity contribution is 6.30. The molecule has 0 nitrogen and oxygen atoms in total. The summed E-state index contributed by atoms with van der Waals surface area (Å²) >= 11 is 5.80. The van der Waals surface area contributed by atoms with Crippen LogP contribution in [-0.2, 0) is 0 Å². The predicted molar refractivity (Wildman–Crippen MR) is 66.0 cm³/mol. The molecule has 0 heterocycles. The average Bonchev–Trinajstić information content (AvgIpc) is 2.30. The van der Waals surface area contributed by atoms with E-state index in [-0.39, 0.29) is 5.82 Å². The predicted octanol–water partition coefficient (Wildman–Crippen LogP) is 4.54. The Hall–Kier alpha value is -1.60. The van der Waals surface area contributed by atoms with Crippen LogP contribution in [0.25, 0.3) is 5.57 Å². The van der Waals surface area contributed by atoms with Crippen molar-refractivity contribution < 1.29 is 4.39 Å². The fourth-order valence-electron chi connectivity index (χ4n) is 1.47. The van der Waals surface area contributed by atoms with Gasteiger partial charge in [0.25, 0.3) is 0 Å². The second-order valence-corrected chi connectivity index (χ2v) is 3.93. The topological polar surface area (TPSA) is 0 Å². The molecule has 0 saturated heterocycles. The van der Waals surface area contributed by atoms with Gasteiger partial charge in [0.1, 0.15) is 5.82 Å². The highest BCUT2D eigenvalue weighted by atomic mass is 35.5. The van der Waals surface area contributed by atoms with Crippen molar-refractivity contribution in [2.24, 2.45) is 0 Å². The van der Waals surface area contributed by atoms with E-state index in [9.17, 15) is 4.39 Å². The fraction of sp³-hybridized carbons (Fsp3) is 0. The Labute approximate surface area is 99.0 Å². The second kappa shape index (κ2) is 4.50. The van der Waals surface area contributed by atoms with Gasteiger partial charge in [0.2, 0.25) is 0 Å². The van der Waals surface area contributed by atoms with Gasteiger partial charge in [-0.1, -0.05) is 42.4 Å². The minimum atomic E-state index is -0.243. The molecule has 0 aliphatic heterocycles. The summed E-state index contributed by atoms with van der Waals surface area (Å²) in [5, 5.41) is 0.690. The maximum atomic E-state index is 12.8. The lowest BCUT2D eigenvalue weighted by Crippen LogP contribution is -1.86. The summed E-state index contributed by atoms with van der Waals surface area (Å²) in [7, 11) is 0. The Morgan fingerprint density at radius 2 is 1.31 bits per heavy atom. The molecule has 0 aliphatic carbocycles. The molecule has 2 aromatic rings. The summed E-state index contributed by atoms with van der Waals surface area (Å²) in [5.41, 5.74) is 2.75. The summed E-state index contributed by atoms with van der Waals surface area (Å²) < 4.78 is 12.8. The van der Waals surface area contributed by atoms with E-state index >= 15 is 0 Å². The second-order valence-electron chi connectivity index (χ2n) is 3.49. The average molecular weight is 233 g/mol. The molecule has 16 heavy (non-hydrogen) atoms. The Bertz CT molecular complexity index is 450. The molecule has 0 amide bonds. The summed E-state index contributed by atoms with van der Waals surface area (Å²) in [6, 6.07) is 13.7. The maximum Gasteiger partial charge on any atom is 0.123 e. The van der Waals surface area contributed by atoms with Gasteiger partial charge in [-0.25, -0.2) is 4.39 Å². The molecule has 0 fully saturated rings. The van der Waals surface area contributed by atoms with Crippen molar-refractivity contribution in [3.63, 3.8) is 0 Å². The molecule has 0 atom stereocenters. The van der Waals surface area contributed by atoms with E-state index in [0.29, 0.717) is 5.02 Å². The van der Waals surface area contributed by atoms with Crippen LogP contribution in [0.2, 0.25) is 5.02 Å². The highest BCUT2D eigenvalue weighted by Crippen LogP contribution is 2.22. The number of hydrogen-bond acceptors (Lipinski definition) is 0. The van der Waals surface area contributed by atoms with Gasteiger partial charge in [-0.2, -0.15) is 0 Å². The van der Waals surface area contributed by atoms with Crippen LogP contribution in [0.5, 0.6) is 0 Å². The van der Waals surface area contributed by atoms with Crippen LogP contribution < -0.4 is 0 Å². The van der Waals surface area contributed by atoms with Crippen LogP contribution >= 0.6 is 11.6 Å². The third-order valence-corrected chi connectivity index (χ3v) is 2.64. The van der Waals surface area contributed by atoms with Crippen molar-refractivity contribution in [3.8, 4) is 0 Å². The van der Waals surface area contributed by atoms with Crippen LogP contribution in [0.3, 0.4) is 0 Å². The molecule has 0 unspecified atom stereocenters. The van der Waals surface area contributed by atoms with E-state index < -0.39 is 0 Å². The quantitative estimate of drug-likeness (QED) is 0.713. The van der Waals surface area contributed by atoms with Crippen molar-refractivity contribution in [2.45, 2.75) is 0 Å². The lowest BCUT2D eigenvalue weighted by atomic mass is 10.00. The van der Waals surface area contributed by atoms with Gasteiger partial charge in [0.05, 0.1) is 0 Å². The first-order valence-corrected chi connectivity index (χ1v) is 5.25. The zero-order valence-corrected chi connectivity index (χ0v) is 9.34. The number of halogens is 2. The van der Waals surface area contributed by atoms with Crippen molar-refractivity contribution in [1.29, 1.82) is 0 Å². The van der Waals surface area contributed by atoms with Gasteiger partial charge in [-0.15, -0.1) is 0 Å². The van der Waals surface area contributed by atoms with E-state index in [0.717, 1.165) is 16.7 Å². The molecule has 0 radical (unpaired) electrons. The molecule has 0 spiro atoms. The van der Waals surface area contributed by atoms with Crippen molar-refractivity contribution in [3.05, 3.63) is 77.1 Å². The molecule has 2 aromatic carbocycles. The van der Waals surface area contributed by atoms with E-state index in [1.807, 2.05) is 24.3 Å². The van der Waals surface area contributed by atoms with Crippen LogP contribution in [0, 0.1) is 5.82 Å². The van der Waals surface area contributed by atoms with Gasteiger partial charge < -0.3 is 0 Å². The van der Waals surface area contributed by atoms with Crippen LogP contribution in [0.4, 0.5) is 4.39 Å². The summed E-state index contributed by atoms with van der Waals surface area (Å²) in [5.74, 6) is -0.243. The number of hydrogen-bond donors (Lipinski definition) is 0. The minimum Gasteiger partial charge on any atom is -0.207 e. The monoisotopic (exact) mass is 232 g/mol. The van der Waals surface area contributed by atoms with Gasteiger partial charge >= 0.3 is 0 Å². The number of rotatable bonds is 2. The normalized spacial score (nSPS) is 10.1. The minimum absolute atomic E-state index is 0.243. The van der Waals surface area contributed by atoms with Crippen LogP contribution in [0.1, 0.15) is 11.1 Å². The number of benzene rings is 2. The molecule has 0 aromatic heterocycles. The van der Waals surface area contributed by atoms with Crippen LogP contribution in [-0.4, -0.2) is 0 Å². The van der Waals surface area contributed by atoms with Gasteiger partial charge in [-0.3, -0.25) is 0 Å². The standard InChI is InChI=1S/C14H10ClF/c1-10(11-2-6-13(15)7-3-11)12-4-8-14(16)9-5-12/h2-9H,1H2. The van der Waals surface area contributed by atoms with E-state index in [4.69, 9.17) is 11.6 Å². The molecule has 2 heteroatoms. The SMILES string of the molecule is C=C(c1ccc(F)cc1)c1ccc(Cl)cc1. The van der Waals surface area contributed by atoms with Crippen LogP contribution in [0.15, 0.2) is 55.1 Å². The van der Waals surface area contributed by atoms with Crippen molar-refractivity contribution >= 4 is 17.2 Å². The van der Waals surface area contributed by atoms with Gasteiger partial charge in [0.15, 0.2) is 0 Å². The third-order valence-electron chi connectivity index (χ3n) is 2.39. The molecule has 80 valence electrons. The first kappa shape index (κ1) is 10.9. The fourth-order valence-corrected chi connectivity index (χ4v) is 1.59. The summed E-state index contributed by atoms with van der Waals surface area (Å²) in [6.07, 6.45) is 0. The summed E-state index contributed by atoms with van der Waals surface area (Å²) in [6.45, 7) is 3.99. The maximum absolute atomic E-state index is 12.8. The molecular formula is C14H10ClF. The lowest BCUT2D eigenvalue weighted by Gasteiger charge is -2.06. The Morgan fingerprint density at radius 1 is 0.875 bits per heavy atom. The molecule has 0 bridgehead atoms. The Morgan fingerprint density at radius 3 is 1.81 bits per heavy atom. The molecule has 0 saturated carbocycles. The lowest BCUT2D eigenvalue weighted by molar-refractivity contribution is 0.627. The largest absolute Gasteiger partial charge is 0.207 e. The first-order chi connectivity index (χ1) is 7.66. The first-order valence-electron chi connectivity index (χ1n) is 4.87. The Kier molecular flexibility index (Phi) is 3.07. The summed E-state index contributed by atoms with van der Waals surface area (Å²) in [4.78, 5) is 0. The van der Waals surface area contributed by atoms with E-state index in [1.54, 1.807) is 12.1 Å². The zero-order valence-electron chi connectivity index (χ0n) is 8.58. The zero-order chi connectivity index (χ0) is 11.5. The van der Waals surface area contributed by atoms with Crippen molar-refractivity contribution in [1.82, 2.24) is 0 Å². The van der Waals surface area contributed by atoms with Gasteiger partial charge in [-0.05, 0) is 41.0 Å².